The Morgan fingerprint density at radius 2 is 2.07 bits per heavy atom. The van der Waals surface area contributed by atoms with E-state index >= 15 is 0 Å². The van der Waals surface area contributed by atoms with Gasteiger partial charge in [0.15, 0.2) is 0 Å². The maximum absolute atomic E-state index is 12.8. The number of carbonyl (C=O) groups excluding carboxylic acids is 1. The van der Waals surface area contributed by atoms with Gasteiger partial charge in [-0.2, -0.15) is 5.10 Å². The van der Waals surface area contributed by atoms with Gasteiger partial charge in [0, 0.05) is 37.7 Å². The summed E-state index contributed by atoms with van der Waals surface area (Å²) in [4.78, 5) is 15.3. The molecule has 1 amide bonds. The number of rotatable bonds is 5. The Kier molecular flexibility index (Phi) is 5.74. The number of piperidine rings is 1. The number of para-hydroxylation sites is 1. The van der Waals surface area contributed by atoms with Crippen molar-refractivity contribution in [1.82, 2.24) is 20.0 Å². The maximum atomic E-state index is 12.8. The van der Waals surface area contributed by atoms with E-state index in [9.17, 15) is 4.79 Å². The lowest BCUT2D eigenvalue weighted by Crippen LogP contribution is -2.48. The second-order valence-electron chi connectivity index (χ2n) is 7.68. The molecule has 27 heavy (non-hydrogen) atoms. The molecule has 0 saturated carbocycles. The molecule has 2 aliphatic rings. The first-order valence-electron chi connectivity index (χ1n) is 10.3. The number of nitrogens with one attached hydrogen (secondary N) is 1. The first-order chi connectivity index (χ1) is 13.3. The molecule has 0 aliphatic carbocycles. The Balaban J connectivity index is 1.38. The fourth-order valence-electron chi connectivity index (χ4n) is 4.49. The van der Waals surface area contributed by atoms with Crippen molar-refractivity contribution in [2.45, 2.75) is 51.7 Å². The van der Waals surface area contributed by atoms with Crippen LogP contribution in [0.3, 0.4) is 0 Å². The molecule has 1 N–H and O–H groups in total. The normalized spacial score (nSPS) is 22.2. The van der Waals surface area contributed by atoms with Crippen LogP contribution in [-0.4, -0.2) is 52.9 Å². The molecule has 3 heterocycles. The fraction of sp³-hybridized carbons (Fsp3) is 0.619. The summed E-state index contributed by atoms with van der Waals surface area (Å²) in [7, 11) is 0. The number of amides is 1. The SMILES string of the molecule is CCn1nc(CNC(=O)[C@H]2CCCN(C3CCOCC3)C2)c2ccccc21. The van der Waals surface area contributed by atoms with Crippen molar-refractivity contribution >= 4 is 16.8 Å². The molecule has 146 valence electrons. The molecule has 2 aliphatic heterocycles. The first-order valence-corrected chi connectivity index (χ1v) is 10.3. The highest BCUT2D eigenvalue weighted by molar-refractivity contribution is 5.83. The van der Waals surface area contributed by atoms with E-state index in [4.69, 9.17) is 9.84 Å². The maximum Gasteiger partial charge on any atom is 0.224 e. The lowest BCUT2D eigenvalue weighted by atomic mass is 9.94. The summed E-state index contributed by atoms with van der Waals surface area (Å²) in [5.41, 5.74) is 2.09. The zero-order valence-electron chi connectivity index (χ0n) is 16.2. The lowest BCUT2D eigenvalue weighted by Gasteiger charge is -2.39. The number of fused-ring (bicyclic) bond motifs is 1. The Hall–Kier alpha value is -1.92. The molecule has 1 atom stereocenters. The van der Waals surface area contributed by atoms with Gasteiger partial charge in [-0.1, -0.05) is 18.2 Å². The van der Waals surface area contributed by atoms with Crippen molar-refractivity contribution in [3.8, 4) is 0 Å². The number of carbonyl (C=O) groups is 1. The quantitative estimate of drug-likeness (QED) is 0.879. The van der Waals surface area contributed by atoms with Crippen LogP contribution < -0.4 is 5.32 Å². The van der Waals surface area contributed by atoms with Gasteiger partial charge >= 0.3 is 0 Å². The number of hydrogen-bond donors (Lipinski definition) is 1. The van der Waals surface area contributed by atoms with Crippen molar-refractivity contribution in [1.29, 1.82) is 0 Å². The predicted octanol–water partition coefficient (Wildman–Crippen LogP) is 2.56. The third kappa shape index (κ3) is 4.01. The molecule has 0 bridgehead atoms. The number of benzene rings is 1. The molecule has 0 spiro atoms. The Morgan fingerprint density at radius 1 is 1.26 bits per heavy atom. The lowest BCUT2D eigenvalue weighted by molar-refractivity contribution is -0.127. The van der Waals surface area contributed by atoms with E-state index in [1.807, 2.05) is 16.8 Å². The number of aromatic nitrogens is 2. The summed E-state index contributed by atoms with van der Waals surface area (Å²) in [6.45, 7) is 7.11. The smallest absolute Gasteiger partial charge is 0.224 e. The topological polar surface area (TPSA) is 59.4 Å². The van der Waals surface area contributed by atoms with Gasteiger partial charge in [0.25, 0.3) is 0 Å². The summed E-state index contributed by atoms with van der Waals surface area (Å²) in [5, 5.41) is 8.98. The van der Waals surface area contributed by atoms with Crippen LogP contribution in [-0.2, 0) is 22.6 Å². The van der Waals surface area contributed by atoms with Gasteiger partial charge in [-0.05, 0) is 45.2 Å². The fourth-order valence-corrected chi connectivity index (χ4v) is 4.49. The van der Waals surface area contributed by atoms with E-state index in [-0.39, 0.29) is 11.8 Å². The predicted molar refractivity (Wildman–Crippen MR) is 105 cm³/mol. The van der Waals surface area contributed by atoms with Gasteiger partial charge in [-0.3, -0.25) is 14.4 Å². The molecule has 1 aromatic heterocycles. The van der Waals surface area contributed by atoms with Crippen molar-refractivity contribution < 1.29 is 9.53 Å². The molecule has 0 unspecified atom stereocenters. The molecule has 1 aromatic carbocycles. The van der Waals surface area contributed by atoms with Gasteiger partial charge in [0.1, 0.15) is 0 Å². The highest BCUT2D eigenvalue weighted by Gasteiger charge is 2.30. The second kappa shape index (κ2) is 8.40. The molecular weight excluding hydrogens is 340 g/mol. The molecular formula is C21H30N4O2. The van der Waals surface area contributed by atoms with Gasteiger partial charge in [-0.25, -0.2) is 0 Å². The van der Waals surface area contributed by atoms with Crippen LogP contribution in [0, 0.1) is 5.92 Å². The van der Waals surface area contributed by atoms with Crippen molar-refractivity contribution in [3.05, 3.63) is 30.0 Å². The highest BCUT2D eigenvalue weighted by Crippen LogP contribution is 2.24. The molecule has 0 radical (unpaired) electrons. The number of nitrogens with zero attached hydrogens (tertiary/aromatic N) is 3. The molecule has 6 nitrogen and oxygen atoms in total. The van der Waals surface area contributed by atoms with Crippen LogP contribution >= 0.6 is 0 Å². The average molecular weight is 370 g/mol. The number of likely N-dealkylation sites (tertiary alicyclic amines) is 1. The van der Waals surface area contributed by atoms with Gasteiger partial charge in [0.05, 0.1) is 23.7 Å². The average Bonchev–Trinajstić information content (AvgIpc) is 3.11. The highest BCUT2D eigenvalue weighted by atomic mass is 16.5. The standard InChI is InChI=1S/C21H30N4O2/c1-2-25-20-8-4-3-7-18(20)19(23-25)14-22-21(26)16-6-5-11-24(15-16)17-9-12-27-13-10-17/h3-4,7-8,16-17H,2,5-6,9-15H2,1H3,(H,22,26)/t16-/m0/s1. The zero-order chi connectivity index (χ0) is 18.6. The molecule has 2 aromatic rings. The number of hydrogen-bond acceptors (Lipinski definition) is 4. The van der Waals surface area contributed by atoms with Crippen LogP contribution in [0.4, 0.5) is 0 Å². The minimum absolute atomic E-state index is 0.0844. The van der Waals surface area contributed by atoms with E-state index < -0.39 is 0 Å². The number of aryl methyl sites for hydroxylation is 1. The van der Waals surface area contributed by atoms with E-state index in [1.54, 1.807) is 0 Å². The van der Waals surface area contributed by atoms with E-state index in [1.165, 1.54) is 0 Å². The van der Waals surface area contributed by atoms with E-state index in [0.717, 1.165) is 75.1 Å². The summed E-state index contributed by atoms with van der Waals surface area (Å²) in [6.07, 6.45) is 4.27. The van der Waals surface area contributed by atoms with Crippen molar-refractivity contribution in [2.75, 3.05) is 26.3 Å². The largest absolute Gasteiger partial charge is 0.381 e. The minimum Gasteiger partial charge on any atom is -0.381 e. The first kappa shape index (κ1) is 18.4. The van der Waals surface area contributed by atoms with Crippen LogP contribution in [0.2, 0.25) is 0 Å². The van der Waals surface area contributed by atoms with Crippen LogP contribution in [0.25, 0.3) is 10.9 Å². The van der Waals surface area contributed by atoms with Crippen LogP contribution in [0.5, 0.6) is 0 Å². The van der Waals surface area contributed by atoms with E-state index in [0.29, 0.717) is 12.6 Å². The molecule has 2 saturated heterocycles. The summed E-state index contributed by atoms with van der Waals surface area (Å²) in [6, 6.07) is 8.82. The second-order valence-corrected chi connectivity index (χ2v) is 7.68. The minimum atomic E-state index is 0.0844. The third-order valence-electron chi connectivity index (χ3n) is 5.99. The Labute approximate surface area is 160 Å². The monoisotopic (exact) mass is 370 g/mol. The Morgan fingerprint density at radius 3 is 2.89 bits per heavy atom. The van der Waals surface area contributed by atoms with Crippen molar-refractivity contribution in [2.24, 2.45) is 5.92 Å². The zero-order valence-corrected chi connectivity index (χ0v) is 16.2. The summed E-state index contributed by atoms with van der Waals surface area (Å²) < 4.78 is 7.49. The van der Waals surface area contributed by atoms with Crippen LogP contribution in [0.15, 0.2) is 24.3 Å². The summed E-state index contributed by atoms with van der Waals surface area (Å²) in [5.74, 6) is 0.253. The van der Waals surface area contributed by atoms with Gasteiger partial charge in [-0.15, -0.1) is 0 Å². The van der Waals surface area contributed by atoms with E-state index in [2.05, 4.69) is 29.3 Å². The molecule has 6 heteroatoms. The Bertz CT molecular complexity index is 782. The number of ether oxygens (including phenoxy) is 1. The van der Waals surface area contributed by atoms with Gasteiger partial charge in [0.2, 0.25) is 5.91 Å². The van der Waals surface area contributed by atoms with Crippen LogP contribution in [0.1, 0.15) is 38.3 Å². The molecule has 2 fully saturated rings. The third-order valence-corrected chi connectivity index (χ3v) is 5.99. The van der Waals surface area contributed by atoms with Crippen molar-refractivity contribution in [3.63, 3.8) is 0 Å². The molecule has 4 rings (SSSR count). The summed E-state index contributed by atoms with van der Waals surface area (Å²) >= 11 is 0. The van der Waals surface area contributed by atoms with Gasteiger partial charge < -0.3 is 10.1 Å².